The number of anilines is 2. The predicted molar refractivity (Wildman–Crippen MR) is 96.8 cm³/mol. The molecule has 1 N–H and O–H groups in total. The molecule has 1 aromatic carbocycles. The fourth-order valence-corrected chi connectivity index (χ4v) is 2.98. The highest BCUT2D eigenvalue weighted by Crippen LogP contribution is 2.21. The Morgan fingerprint density at radius 3 is 2.48 bits per heavy atom. The van der Waals surface area contributed by atoms with Crippen molar-refractivity contribution in [1.82, 2.24) is 4.90 Å². The van der Waals surface area contributed by atoms with Crippen LogP contribution in [0, 0.1) is 0 Å². The van der Waals surface area contributed by atoms with E-state index in [0.717, 1.165) is 18.8 Å². The molecule has 2 amide bonds. The SMILES string of the molecule is CN(CC(=O)Nc1ccc(N2CCCCC2)cc1)C(=O)c1ccco1. The number of nitrogens with zero attached hydrogens (tertiary/aromatic N) is 2. The first-order valence-electron chi connectivity index (χ1n) is 8.57. The maximum atomic E-state index is 12.1. The molecule has 2 aromatic rings. The van der Waals surface area contributed by atoms with Crippen molar-refractivity contribution in [1.29, 1.82) is 0 Å². The van der Waals surface area contributed by atoms with Crippen LogP contribution in [0.1, 0.15) is 29.8 Å². The summed E-state index contributed by atoms with van der Waals surface area (Å²) in [7, 11) is 1.57. The number of amides is 2. The minimum absolute atomic E-state index is 0.0343. The molecular weight excluding hydrogens is 318 g/mol. The maximum Gasteiger partial charge on any atom is 0.289 e. The highest BCUT2D eigenvalue weighted by molar-refractivity contribution is 5.97. The molecule has 6 nitrogen and oxygen atoms in total. The Morgan fingerprint density at radius 2 is 1.84 bits per heavy atom. The van der Waals surface area contributed by atoms with E-state index in [1.54, 1.807) is 19.2 Å². The standard InChI is InChI=1S/C19H23N3O3/c1-21(19(24)17-6-5-13-25-17)14-18(23)20-15-7-9-16(10-8-15)22-11-3-2-4-12-22/h5-10,13H,2-4,11-12,14H2,1H3,(H,20,23). The van der Waals surface area contributed by atoms with Gasteiger partial charge in [-0.05, 0) is 55.7 Å². The predicted octanol–water partition coefficient (Wildman–Crippen LogP) is 2.98. The zero-order chi connectivity index (χ0) is 17.6. The summed E-state index contributed by atoms with van der Waals surface area (Å²) in [5, 5.41) is 2.82. The number of carbonyl (C=O) groups excluding carboxylic acids is 2. The molecule has 0 radical (unpaired) electrons. The average Bonchev–Trinajstić information content (AvgIpc) is 3.17. The van der Waals surface area contributed by atoms with Gasteiger partial charge >= 0.3 is 0 Å². The van der Waals surface area contributed by atoms with Gasteiger partial charge < -0.3 is 19.5 Å². The number of benzene rings is 1. The van der Waals surface area contributed by atoms with E-state index < -0.39 is 0 Å². The summed E-state index contributed by atoms with van der Waals surface area (Å²) in [6.45, 7) is 2.14. The van der Waals surface area contributed by atoms with E-state index in [1.807, 2.05) is 24.3 Å². The molecule has 6 heteroatoms. The molecule has 0 saturated carbocycles. The molecule has 0 spiro atoms. The van der Waals surface area contributed by atoms with E-state index in [9.17, 15) is 9.59 Å². The van der Waals surface area contributed by atoms with Crippen LogP contribution in [0.2, 0.25) is 0 Å². The van der Waals surface area contributed by atoms with Gasteiger partial charge in [0.1, 0.15) is 0 Å². The van der Waals surface area contributed by atoms with Crippen LogP contribution in [-0.4, -0.2) is 43.4 Å². The second-order valence-electron chi connectivity index (χ2n) is 6.28. The number of hydrogen-bond donors (Lipinski definition) is 1. The largest absolute Gasteiger partial charge is 0.459 e. The van der Waals surface area contributed by atoms with Gasteiger partial charge in [0, 0.05) is 31.5 Å². The summed E-state index contributed by atoms with van der Waals surface area (Å²) in [6, 6.07) is 11.1. The Kier molecular flexibility index (Phi) is 5.38. The Morgan fingerprint density at radius 1 is 1.12 bits per heavy atom. The molecule has 0 atom stereocenters. The van der Waals surface area contributed by atoms with Crippen LogP contribution in [-0.2, 0) is 4.79 Å². The van der Waals surface area contributed by atoms with Gasteiger partial charge in [0.2, 0.25) is 5.91 Å². The van der Waals surface area contributed by atoms with E-state index in [1.165, 1.54) is 36.1 Å². The monoisotopic (exact) mass is 341 g/mol. The van der Waals surface area contributed by atoms with Crippen molar-refractivity contribution in [3.05, 3.63) is 48.4 Å². The molecule has 0 unspecified atom stereocenters. The van der Waals surface area contributed by atoms with Crippen LogP contribution in [0.3, 0.4) is 0 Å². The van der Waals surface area contributed by atoms with Crippen molar-refractivity contribution in [2.24, 2.45) is 0 Å². The Hall–Kier alpha value is -2.76. The van der Waals surface area contributed by atoms with Crippen LogP contribution < -0.4 is 10.2 Å². The molecule has 1 aliphatic heterocycles. The molecule has 1 saturated heterocycles. The number of nitrogens with one attached hydrogen (secondary N) is 1. The zero-order valence-electron chi connectivity index (χ0n) is 14.4. The molecule has 2 heterocycles. The Labute approximate surface area is 147 Å². The highest BCUT2D eigenvalue weighted by Gasteiger charge is 2.17. The first kappa shape index (κ1) is 17.1. The van der Waals surface area contributed by atoms with Gasteiger partial charge in [-0.15, -0.1) is 0 Å². The summed E-state index contributed by atoms with van der Waals surface area (Å²) in [5.41, 5.74) is 1.91. The lowest BCUT2D eigenvalue weighted by molar-refractivity contribution is -0.116. The lowest BCUT2D eigenvalue weighted by Crippen LogP contribution is -2.34. The minimum Gasteiger partial charge on any atom is -0.459 e. The molecule has 1 fully saturated rings. The van der Waals surface area contributed by atoms with Crippen molar-refractivity contribution >= 4 is 23.2 Å². The van der Waals surface area contributed by atoms with Crippen molar-refractivity contribution in [2.45, 2.75) is 19.3 Å². The van der Waals surface area contributed by atoms with Gasteiger partial charge in [-0.1, -0.05) is 0 Å². The first-order valence-corrected chi connectivity index (χ1v) is 8.57. The Balaban J connectivity index is 1.53. The van der Waals surface area contributed by atoms with Crippen molar-refractivity contribution < 1.29 is 14.0 Å². The molecule has 0 bridgehead atoms. The van der Waals surface area contributed by atoms with Gasteiger partial charge in [0.05, 0.1) is 12.8 Å². The van der Waals surface area contributed by atoms with Crippen molar-refractivity contribution in [3.63, 3.8) is 0 Å². The third-order valence-corrected chi connectivity index (χ3v) is 4.33. The van der Waals surface area contributed by atoms with Gasteiger partial charge in [-0.2, -0.15) is 0 Å². The summed E-state index contributed by atoms with van der Waals surface area (Å²) in [5.74, 6) is -0.338. The smallest absolute Gasteiger partial charge is 0.289 e. The van der Waals surface area contributed by atoms with E-state index in [-0.39, 0.29) is 24.1 Å². The molecule has 132 valence electrons. The van der Waals surface area contributed by atoms with Crippen molar-refractivity contribution in [2.75, 3.05) is 36.9 Å². The van der Waals surface area contributed by atoms with Crippen LogP contribution in [0.25, 0.3) is 0 Å². The number of carbonyl (C=O) groups is 2. The lowest BCUT2D eigenvalue weighted by atomic mass is 10.1. The number of furan rings is 1. The summed E-state index contributed by atoms with van der Waals surface area (Å²) in [6.07, 6.45) is 5.20. The number of piperidine rings is 1. The molecule has 3 rings (SSSR count). The molecule has 1 aliphatic rings. The highest BCUT2D eigenvalue weighted by atomic mass is 16.3. The van der Waals surface area contributed by atoms with Gasteiger partial charge in [-0.3, -0.25) is 9.59 Å². The van der Waals surface area contributed by atoms with E-state index >= 15 is 0 Å². The molecular formula is C19H23N3O3. The summed E-state index contributed by atoms with van der Waals surface area (Å²) < 4.78 is 5.06. The van der Waals surface area contributed by atoms with Gasteiger partial charge in [-0.25, -0.2) is 0 Å². The van der Waals surface area contributed by atoms with Crippen LogP contribution in [0.5, 0.6) is 0 Å². The molecule has 1 aromatic heterocycles. The third-order valence-electron chi connectivity index (χ3n) is 4.33. The van der Waals surface area contributed by atoms with Crippen LogP contribution in [0.15, 0.2) is 47.1 Å². The number of hydrogen-bond acceptors (Lipinski definition) is 4. The van der Waals surface area contributed by atoms with Gasteiger partial charge in [0.15, 0.2) is 5.76 Å². The molecule has 25 heavy (non-hydrogen) atoms. The topological polar surface area (TPSA) is 65.8 Å². The van der Waals surface area contributed by atoms with Crippen LogP contribution >= 0.6 is 0 Å². The second-order valence-corrected chi connectivity index (χ2v) is 6.28. The number of likely N-dealkylation sites (N-methyl/N-ethyl adjacent to an activating group) is 1. The van der Waals surface area contributed by atoms with E-state index in [4.69, 9.17) is 4.42 Å². The zero-order valence-corrected chi connectivity index (χ0v) is 14.4. The van der Waals surface area contributed by atoms with Crippen LogP contribution in [0.4, 0.5) is 11.4 Å². The third kappa shape index (κ3) is 4.41. The lowest BCUT2D eigenvalue weighted by Gasteiger charge is -2.28. The molecule has 0 aliphatic carbocycles. The average molecular weight is 341 g/mol. The normalized spacial score (nSPS) is 14.2. The minimum atomic E-state index is -0.319. The number of rotatable bonds is 5. The maximum absolute atomic E-state index is 12.1. The second kappa shape index (κ2) is 7.88. The fraction of sp³-hybridized carbons (Fsp3) is 0.368. The first-order chi connectivity index (χ1) is 12.1. The summed E-state index contributed by atoms with van der Waals surface area (Å²) >= 11 is 0. The Bertz CT molecular complexity index is 704. The quantitative estimate of drug-likeness (QED) is 0.908. The fourth-order valence-electron chi connectivity index (χ4n) is 2.98. The summed E-state index contributed by atoms with van der Waals surface area (Å²) in [4.78, 5) is 27.9. The van der Waals surface area contributed by atoms with E-state index in [2.05, 4.69) is 10.2 Å². The van der Waals surface area contributed by atoms with Gasteiger partial charge in [0.25, 0.3) is 5.91 Å². The van der Waals surface area contributed by atoms with Crippen molar-refractivity contribution in [3.8, 4) is 0 Å². The van der Waals surface area contributed by atoms with E-state index in [0.29, 0.717) is 0 Å².